The number of hydrogen-bond acceptors (Lipinski definition) is 4. The zero-order chi connectivity index (χ0) is 15.5. The molecule has 1 aliphatic heterocycles. The van der Waals surface area contributed by atoms with Gasteiger partial charge in [0.15, 0.2) is 0 Å². The number of amides is 1. The highest BCUT2D eigenvalue weighted by Crippen LogP contribution is 2.35. The van der Waals surface area contributed by atoms with Gasteiger partial charge >= 0.3 is 6.09 Å². The number of carbonyl (C=O) groups is 1. The minimum Gasteiger partial charge on any atom is -0.444 e. The molecule has 2 heterocycles. The van der Waals surface area contributed by atoms with Crippen LogP contribution in [0.4, 0.5) is 4.79 Å². The van der Waals surface area contributed by atoms with Crippen molar-refractivity contribution in [3.8, 4) is 0 Å². The summed E-state index contributed by atoms with van der Waals surface area (Å²) in [4.78, 5) is 18.8. The monoisotopic (exact) mass is 308 g/mol. The van der Waals surface area contributed by atoms with E-state index in [1.807, 2.05) is 38.0 Å². The molecule has 1 fully saturated rings. The standard InChI is InChI=1S/C16H24N2O2S/c1-16(2,3)20-15(19)18-11-6-5-9-13(18)12-8-7-10-17-14(12)21-4/h7-8,10,13H,5-6,9,11H2,1-4H3. The van der Waals surface area contributed by atoms with E-state index in [0.717, 1.165) is 36.4 Å². The summed E-state index contributed by atoms with van der Waals surface area (Å²) in [5.41, 5.74) is 0.673. The van der Waals surface area contributed by atoms with Crippen LogP contribution in [0.3, 0.4) is 0 Å². The van der Waals surface area contributed by atoms with Gasteiger partial charge in [-0.2, -0.15) is 0 Å². The molecule has 0 radical (unpaired) electrons. The number of rotatable bonds is 2. The van der Waals surface area contributed by atoms with Gasteiger partial charge in [0.25, 0.3) is 0 Å². The first kappa shape index (κ1) is 16.1. The zero-order valence-electron chi connectivity index (χ0n) is 13.3. The molecule has 0 aromatic carbocycles. The van der Waals surface area contributed by atoms with Crippen LogP contribution in [0.1, 0.15) is 51.6 Å². The van der Waals surface area contributed by atoms with Gasteiger partial charge in [0.05, 0.1) is 6.04 Å². The average Bonchev–Trinajstić information content (AvgIpc) is 2.45. The highest BCUT2D eigenvalue weighted by atomic mass is 32.2. The van der Waals surface area contributed by atoms with Crippen LogP contribution in [0.5, 0.6) is 0 Å². The first-order valence-electron chi connectivity index (χ1n) is 7.41. The molecule has 1 saturated heterocycles. The van der Waals surface area contributed by atoms with E-state index >= 15 is 0 Å². The molecule has 0 spiro atoms. The zero-order valence-corrected chi connectivity index (χ0v) is 14.1. The molecular formula is C16H24N2O2S. The third-order valence-electron chi connectivity index (χ3n) is 3.48. The summed E-state index contributed by atoms with van der Waals surface area (Å²) in [6.45, 7) is 6.46. The van der Waals surface area contributed by atoms with Crippen molar-refractivity contribution in [3.63, 3.8) is 0 Å². The molecule has 1 atom stereocenters. The van der Waals surface area contributed by atoms with Crippen LogP contribution in [0.25, 0.3) is 0 Å². The van der Waals surface area contributed by atoms with Crippen molar-refractivity contribution in [1.29, 1.82) is 0 Å². The molecule has 0 N–H and O–H groups in total. The van der Waals surface area contributed by atoms with Crippen molar-refractivity contribution in [2.24, 2.45) is 0 Å². The summed E-state index contributed by atoms with van der Waals surface area (Å²) in [5.74, 6) is 0. The molecule has 2 rings (SSSR count). The van der Waals surface area contributed by atoms with Crippen LogP contribution in [0, 0.1) is 0 Å². The Balaban J connectivity index is 2.25. The lowest BCUT2D eigenvalue weighted by Crippen LogP contribution is -2.42. The number of piperidine rings is 1. The van der Waals surface area contributed by atoms with Crippen molar-refractivity contribution in [3.05, 3.63) is 23.9 Å². The smallest absolute Gasteiger partial charge is 0.410 e. The molecule has 0 saturated carbocycles. The Morgan fingerprint density at radius 1 is 1.43 bits per heavy atom. The third-order valence-corrected chi connectivity index (χ3v) is 4.21. The van der Waals surface area contributed by atoms with Gasteiger partial charge in [-0.25, -0.2) is 9.78 Å². The summed E-state index contributed by atoms with van der Waals surface area (Å²) in [6.07, 6.45) is 6.74. The van der Waals surface area contributed by atoms with Gasteiger partial charge in [-0.3, -0.25) is 0 Å². The second-order valence-corrected chi connectivity index (χ2v) is 7.08. The Kier molecular flexibility index (Phi) is 5.14. The van der Waals surface area contributed by atoms with Crippen molar-refractivity contribution in [2.75, 3.05) is 12.8 Å². The van der Waals surface area contributed by atoms with E-state index in [2.05, 4.69) is 11.1 Å². The Morgan fingerprint density at radius 2 is 2.19 bits per heavy atom. The minimum absolute atomic E-state index is 0.0738. The molecular weight excluding hydrogens is 284 g/mol. The molecule has 1 amide bonds. The molecule has 1 aromatic heterocycles. The fourth-order valence-electron chi connectivity index (χ4n) is 2.62. The third kappa shape index (κ3) is 4.13. The van der Waals surface area contributed by atoms with Gasteiger partial charge < -0.3 is 9.64 Å². The lowest BCUT2D eigenvalue weighted by Gasteiger charge is -2.37. The molecule has 0 aliphatic carbocycles. The van der Waals surface area contributed by atoms with E-state index in [4.69, 9.17) is 4.74 Å². The van der Waals surface area contributed by atoms with Crippen molar-refractivity contribution < 1.29 is 9.53 Å². The number of likely N-dealkylation sites (tertiary alicyclic amines) is 1. The molecule has 116 valence electrons. The van der Waals surface area contributed by atoms with Gasteiger partial charge in [-0.15, -0.1) is 11.8 Å². The first-order valence-corrected chi connectivity index (χ1v) is 8.63. The average molecular weight is 308 g/mol. The van der Waals surface area contributed by atoms with E-state index in [1.54, 1.807) is 18.0 Å². The van der Waals surface area contributed by atoms with E-state index in [-0.39, 0.29) is 12.1 Å². The summed E-state index contributed by atoms with van der Waals surface area (Å²) >= 11 is 1.63. The second kappa shape index (κ2) is 6.69. The fraction of sp³-hybridized carbons (Fsp3) is 0.625. The minimum atomic E-state index is -0.462. The number of pyridine rings is 1. The summed E-state index contributed by atoms with van der Waals surface area (Å²) < 4.78 is 5.56. The largest absolute Gasteiger partial charge is 0.444 e. The lowest BCUT2D eigenvalue weighted by atomic mass is 9.97. The van der Waals surface area contributed by atoms with E-state index < -0.39 is 5.60 Å². The Labute approximate surface area is 131 Å². The quantitative estimate of drug-likeness (QED) is 0.765. The maximum absolute atomic E-state index is 12.5. The number of aromatic nitrogens is 1. The van der Waals surface area contributed by atoms with Gasteiger partial charge in [0.2, 0.25) is 0 Å². The Morgan fingerprint density at radius 3 is 2.86 bits per heavy atom. The van der Waals surface area contributed by atoms with Crippen molar-refractivity contribution in [2.45, 2.75) is 56.7 Å². The lowest BCUT2D eigenvalue weighted by molar-refractivity contribution is 0.00915. The van der Waals surface area contributed by atoms with Gasteiger partial charge in [-0.1, -0.05) is 6.07 Å². The number of hydrogen-bond donors (Lipinski definition) is 0. The molecule has 1 unspecified atom stereocenters. The van der Waals surface area contributed by atoms with E-state index in [0.29, 0.717) is 0 Å². The number of nitrogens with zero attached hydrogens (tertiary/aromatic N) is 2. The van der Waals surface area contributed by atoms with Crippen LogP contribution >= 0.6 is 11.8 Å². The second-order valence-electron chi connectivity index (χ2n) is 6.29. The highest BCUT2D eigenvalue weighted by molar-refractivity contribution is 7.98. The summed E-state index contributed by atoms with van der Waals surface area (Å²) in [6, 6.07) is 4.09. The van der Waals surface area contributed by atoms with Crippen molar-refractivity contribution in [1.82, 2.24) is 9.88 Å². The van der Waals surface area contributed by atoms with Crippen LogP contribution in [0.2, 0.25) is 0 Å². The first-order chi connectivity index (χ1) is 9.92. The van der Waals surface area contributed by atoms with Gasteiger partial charge in [0.1, 0.15) is 10.6 Å². The summed E-state index contributed by atoms with van der Waals surface area (Å²) in [7, 11) is 0. The van der Waals surface area contributed by atoms with E-state index in [1.165, 1.54) is 0 Å². The molecule has 4 nitrogen and oxygen atoms in total. The van der Waals surface area contributed by atoms with Gasteiger partial charge in [-0.05, 0) is 52.4 Å². The summed E-state index contributed by atoms with van der Waals surface area (Å²) in [5, 5.41) is 0.998. The van der Waals surface area contributed by atoms with Gasteiger partial charge in [0, 0.05) is 18.3 Å². The topological polar surface area (TPSA) is 42.4 Å². The number of thioether (sulfide) groups is 1. The molecule has 1 aliphatic rings. The van der Waals surface area contributed by atoms with Crippen molar-refractivity contribution >= 4 is 17.9 Å². The van der Waals surface area contributed by atoms with Crippen LogP contribution in [-0.4, -0.2) is 34.4 Å². The molecule has 1 aromatic rings. The maximum atomic E-state index is 12.5. The molecule has 0 bridgehead atoms. The fourth-order valence-corrected chi connectivity index (χ4v) is 3.23. The van der Waals surface area contributed by atoms with Crippen LogP contribution in [-0.2, 0) is 4.74 Å². The normalized spacial score (nSPS) is 19.4. The molecule has 21 heavy (non-hydrogen) atoms. The maximum Gasteiger partial charge on any atom is 0.410 e. The predicted octanol–water partition coefficient (Wildman–Crippen LogP) is 4.27. The van der Waals surface area contributed by atoms with E-state index in [9.17, 15) is 4.79 Å². The Bertz CT molecular complexity index is 499. The number of carbonyl (C=O) groups excluding carboxylic acids is 1. The predicted molar refractivity (Wildman–Crippen MR) is 85.6 cm³/mol. The van der Waals surface area contributed by atoms with Crippen LogP contribution in [0.15, 0.2) is 23.4 Å². The Hall–Kier alpha value is -1.23. The SMILES string of the molecule is CSc1ncccc1C1CCCCN1C(=O)OC(C)(C)C. The molecule has 5 heteroatoms. The highest BCUT2D eigenvalue weighted by Gasteiger charge is 2.32. The van der Waals surface area contributed by atoms with Crippen LogP contribution < -0.4 is 0 Å². The number of ether oxygens (including phenoxy) is 1.